The van der Waals surface area contributed by atoms with Crippen molar-refractivity contribution in [3.8, 4) is 11.5 Å². The first-order valence-corrected chi connectivity index (χ1v) is 11.8. The zero-order valence-corrected chi connectivity index (χ0v) is 22.0. The summed E-state index contributed by atoms with van der Waals surface area (Å²) in [5, 5.41) is 0. The molecule has 0 unspecified atom stereocenters. The maximum Gasteiger partial charge on any atom is 0.323 e. The monoisotopic (exact) mass is 493 g/mol. The van der Waals surface area contributed by atoms with Gasteiger partial charge in [-0.15, -0.1) is 0 Å². The van der Waals surface area contributed by atoms with Gasteiger partial charge in [-0.2, -0.15) is 0 Å². The molecule has 2 N–H and O–H groups in total. The smallest absolute Gasteiger partial charge is 0.323 e. The quantitative estimate of drug-likeness (QED) is 0.363. The molecule has 0 amide bonds. The van der Waals surface area contributed by atoms with Gasteiger partial charge in [-0.1, -0.05) is 54.5 Å². The highest BCUT2D eigenvalue weighted by molar-refractivity contribution is 5.78. The van der Waals surface area contributed by atoms with Crippen LogP contribution in [0.15, 0.2) is 18.2 Å². The minimum Gasteiger partial charge on any atom is -0.461 e. The van der Waals surface area contributed by atoms with E-state index in [2.05, 4.69) is 0 Å². The van der Waals surface area contributed by atoms with E-state index in [1.165, 1.54) is 12.1 Å². The standard InChI is InChI=1S/C26H39NO8/c1-15(2)23(29)34-20-10-9-18(12-21(20)35-24(30)16(3)4)11-19(27)25(31)32-14-17(5)33-22(28)13-26(6,7)8/h9-10,12,15-17,19H,11,13-14,27H2,1-8H3/t17-,19-/m0/s1. The van der Waals surface area contributed by atoms with Crippen molar-refractivity contribution in [1.29, 1.82) is 0 Å². The number of esters is 4. The van der Waals surface area contributed by atoms with Gasteiger partial charge >= 0.3 is 23.9 Å². The highest BCUT2D eigenvalue weighted by atomic mass is 16.6. The number of benzene rings is 1. The number of hydrogen-bond donors (Lipinski definition) is 1. The predicted molar refractivity (Wildman–Crippen MR) is 130 cm³/mol. The third kappa shape index (κ3) is 11.4. The fourth-order valence-electron chi connectivity index (χ4n) is 2.67. The number of hydrogen-bond acceptors (Lipinski definition) is 9. The molecule has 0 saturated heterocycles. The Bertz CT molecular complexity index is 901. The van der Waals surface area contributed by atoms with Gasteiger partial charge in [-0.25, -0.2) is 0 Å². The average molecular weight is 494 g/mol. The van der Waals surface area contributed by atoms with Crippen LogP contribution in [-0.2, 0) is 35.1 Å². The lowest BCUT2D eigenvalue weighted by atomic mass is 9.92. The van der Waals surface area contributed by atoms with E-state index in [9.17, 15) is 19.2 Å². The molecular formula is C26H39NO8. The fraction of sp³-hybridized carbons (Fsp3) is 0.615. The lowest BCUT2D eigenvalue weighted by molar-refractivity contribution is -0.160. The van der Waals surface area contributed by atoms with Crippen molar-refractivity contribution in [3.05, 3.63) is 23.8 Å². The zero-order chi connectivity index (χ0) is 26.9. The maximum atomic E-state index is 12.4. The maximum absolute atomic E-state index is 12.4. The summed E-state index contributed by atoms with van der Waals surface area (Å²) in [5.74, 6) is -2.61. The molecule has 196 valence electrons. The lowest BCUT2D eigenvalue weighted by Gasteiger charge is -2.20. The van der Waals surface area contributed by atoms with E-state index >= 15 is 0 Å². The van der Waals surface area contributed by atoms with Crippen LogP contribution in [0.1, 0.15) is 67.4 Å². The fourth-order valence-corrected chi connectivity index (χ4v) is 2.67. The third-order valence-electron chi connectivity index (χ3n) is 4.60. The minimum absolute atomic E-state index is 0.0650. The molecule has 0 fully saturated rings. The Labute approximate surface area is 207 Å². The number of ether oxygens (including phenoxy) is 4. The second-order valence-electron chi connectivity index (χ2n) is 10.4. The molecule has 9 heteroatoms. The average Bonchev–Trinajstić information content (AvgIpc) is 2.71. The molecule has 0 aliphatic heterocycles. The van der Waals surface area contributed by atoms with Crippen LogP contribution in [0.25, 0.3) is 0 Å². The van der Waals surface area contributed by atoms with Gasteiger partial charge in [-0.05, 0) is 36.5 Å². The molecule has 0 heterocycles. The summed E-state index contributed by atoms with van der Waals surface area (Å²) >= 11 is 0. The van der Waals surface area contributed by atoms with Crippen LogP contribution in [0.4, 0.5) is 0 Å². The van der Waals surface area contributed by atoms with Crippen molar-refractivity contribution in [2.75, 3.05) is 6.61 Å². The SMILES string of the molecule is CC(C)C(=O)Oc1ccc(C[C@H](N)C(=O)OC[C@H](C)OC(=O)CC(C)(C)C)cc1OC(=O)C(C)C. The largest absolute Gasteiger partial charge is 0.461 e. The molecule has 0 radical (unpaired) electrons. The normalized spacial score (nSPS) is 13.2. The Hall–Kier alpha value is -2.94. The number of nitrogens with two attached hydrogens (primary N) is 1. The van der Waals surface area contributed by atoms with E-state index in [4.69, 9.17) is 24.7 Å². The third-order valence-corrected chi connectivity index (χ3v) is 4.60. The van der Waals surface area contributed by atoms with E-state index in [0.29, 0.717) is 5.56 Å². The van der Waals surface area contributed by atoms with E-state index in [1.54, 1.807) is 40.7 Å². The molecule has 1 aromatic rings. The van der Waals surface area contributed by atoms with Crippen molar-refractivity contribution in [1.82, 2.24) is 0 Å². The molecule has 0 saturated carbocycles. The van der Waals surface area contributed by atoms with Gasteiger partial charge in [0.15, 0.2) is 11.5 Å². The topological polar surface area (TPSA) is 131 Å². The number of carbonyl (C=O) groups is 4. The highest BCUT2D eigenvalue weighted by Gasteiger charge is 2.23. The van der Waals surface area contributed by atoms with Gasteiger partial charge in [0, 0.05) is 0 Å². The Kier molecular flexibility index (Phi) is 11.4. The van der Waals surface area contributed by atoms with Crippen LogP contribution in [0.5, 0.6) is 11.5 Å². The summed E-state index contributed by atoms with van der Waals surface area (Å²) in [4.78, 5) is 48.4. The molecule has 0 aliphatic carbocycles. The Morgan fingerprint density at radius 2 is 1.40 bits per heavy atom. The lowest BCUT2D eigenvalue weighted by Crippen LogP contribution is -2.36. The first kappa shape index (κ1) is 30.1. The van der Waals surface area contributed by atoms with Crippen LogP contribution in [0, 0.1) is 17.3 Å². The first-order valence-electron chi connectivity index (χ1n) is 11.8. The summed E-state index contributed by atoms with van der Waals surface area (Å²) in [6.07, 6.45) is -0.281. The predicted octanol–water partition coefficient (Wildman–Crippen LogP) is 3.59. The summed E-state index contributed by atoms with van der Waals surface area (Å²) in [6.45, 7) is 14.0. The van der Waals surface area contributed by atoms with Gasteiger partial charge in [0.1, 0.15) is 18.8 Å². The van der Waals surface area contributed by atoms with Gasteiger partial charge in [0.25, 0.3) is 0 Å². The Morgan fingerprint density at radius 1 is 0.857 bits per heavy atom. The van der Waals surface area contributed by atoms with Crippen molar-refractivity contribution in [3.63, 3.8) is 0 Å². The van der Waals surface area contributed by atoms with Crippen LogP contribution in [0.3, 0.4) is 0 Å². The molecule has 35 heavy (non-hydrogen) atoms. The summed E-state index contributed by atoms with van der Waals surface area (Å²) in [6, 6.07) is 3.62. The minimum atomic E-state index is -1.01. The molecule has 1 aromatic carbocycles. The van der Waals surface area contributed by atoms with Gasteiger partial charge < -0.3 is 24.7 Å². The Morgan fingerprint density at radius 3 is 1.91 bits per heavy atom. The summed E-state index contributed by atoms with van der Waals surface area (Å²) < 4.78 is 21.2. The van der Waals surface area contributed by atoms with E-state index in [0.717, 1.165) is 0 Å². The molecule has 0 bridgehead atoms. The zero-order valence-electron chi connectivity index (χ0n) is 22.0. The molecule has 2 atom stereocenters. The van der Waals surface area contributed by atoms with Crippen LogP contribution in [-0.4, -0.2) is 42.6 Å². The van der Waals surface area contributed by atoms with Crippen LogP contribution < -0.4 is 15.2 Å². The Balaban J connectivity index is 2.81. The summed E-state index contributed by atoms with van der Waals surface area (Å²) in [5.41, 5.74) is 6.37. The van der Waals surface area contributed by atoms with E-state index in [-0.39, 0.29) is 48.2 Å². The van der Waals surface area contributed by atoms with Crippen molar-refractivity contribution < 1.29 is 38.1 Å². The second kappa shape index (κ2) is 13.2. The van der Waals surface area contributed by atoms with Crippen LogP contribution >= 0.6 is 0 Å². The van der Waals surface area contributed by atoms with Gasteiger partial charge in [0.05, 0.1) is 18.3 Å². The number of carbonyl (C=O) groups excluding carboxylic acids is 4. The van der Waals surface area contributed by atoms with E-state index in [1.807, 2.05) is 20.8 Å². The van der Waals surface area contributed by atoms with Crippen molar-refractivity contribution in [2.45, 2.75) is 80.4 Å². The van der Waals surface area contributed by atoms with Crippen LogP contribution in [0.2, 0.25) is 0 Å². The van der Waals surface area contributed by atoms with Gasteiger partial charge in [-0.3, -0.25) is 19.2 Å². The molecule has 0 aliphatic rings. The molecule has 0 aromatic heterocycles. The molecule has 9 nitrogen and oxygen atoms in total. The first-order chi connectivity index (χ1) is 16.1. The highest BCUT2D eigenvalue weighted by Crippen LogP contribution is 2.30. The van der Waals surface area contributed by atoms with Crippen molar-refractivity contribution >= 4 is 23.9 Å². The second-order valence-corrected chi connectivity index (χ2v) is 10.4. The van der Waals surface area contributed by atoms with Gasteiger partial charge in [0.2, 0.25) is 0 Å². The number of rotatable bonds is 11. The summed E-state index contributed by atoms with van der Waals surface area (Å²) in [7, 11) is 0. The molecule has 1 rings (SSSR count). The molecule has 0 spiro atoms. The van der Waals surface area contributed by atoms with E-state index < -0.39 is 36.0 Å². The van der Waals surface area contributed by atoms with Crippen molar-refractivity contribution in [2.24, 2.45) is 23.0 Å². The molecular weight excluding hydrogens is 454 g/mol.